The molecule has 0 atom stereocenters. The summed E-state index contributed by atoms with van der Waals surface area (Å²) >= 11 is 0. The smallest absolute Gasteiger partial charge is 0.152 e. The second kappa shape index (κ2) is 5.84. The number of benzene rings is 2. The molecule has 0 amide bonds. The van der Waals surface area contributed by atoms with Gasteiger partial charge in [-0.25, -0.2) is 0 Å². The van der Waals surface area contributed by atoms with E-state index < -0.39 is 0 Å². The van der Waals surface area contributed by atoms with Crippen molar-refractivity contribution in [2.75, 3.05) is 5.73 Å². The highest BCUT2D eigenvalue weighted by Gasteiger charge is 2.35. The average molecular weight is 295 g/mol. The maximum absolute atomic E-state index is 11.2. The number of phenolic OH excluding ortho intramolecular Hbond substituents is 1. The monoisotopic (exact) mass is 295 g/mol. The maximum Gasteiger partial charge on any atom is 0.152 e. The molecule has 0 unspecified atom stereocenters. The highest BCUT2D eigenvalue weighted by molar-refractivity contribution is 5.83. The SMILES string of the molecule is Nc1ccc(C2(c3ccc(O)cc3)CCCCC2)cc1C=O. The first-order chi connectivity index (χ1) is 10.7. The molecule has 22 heavy (non-hydrogen) atoms. The van der Waals surface area contributed by atoms with Crippen LogP contribution in [0.15, 0.2) is 42.5 Å². The number of phenols is 1. The lowest BCUT2D eigenvalue weighted by molar-refractivity contribution is 0.112. The summed E-state index contributed by atoms with van der Waals surface area (Å²) in [5, 5.41) is 9.57. The molecule has 0 spiro atoms. The Morgan fingerprint density at radius 3 is 2.23 bits per heavy atom. The van der Waals surface area contributed by atoms with Crippen LogP contribution in [0.4, 0.5) is 5.69 Å². The molecule has 0 radical (unpaired) electrons. The van der Waals surface area contributed by atoms with Gasteiger partial charge in [-0.1, -0.05) is 37.5 Å². The summed E-state index contributed by atoms with van der Waals surface area (Å²) in [5.41, 5.74) is 9.21. The molecule has 3 N–H and O–H groups in total. The number of hydrogen-bond acceptors (Lipinski definition) is 3. The third kappa shape index (κ3) is 2.47. The largest absolute Gasteiger partial charge is 0.508 e. The van der Waals surface area contributed by atoms with Gasteiger partial charge in [-0.3, -0.25) is 4.79 Å². The van der Waals surface area contributed by atoms with Crippen LogP contribution < -0.4 is 5.73 Å². The van der Waals surface area contributed by atoms with Crippen molar-refractivity contribution in [3.63, 3.8) is 0 Å². The molecule has 2 aromatic carbocycles. The van der Waals surface area contributed by atoms with E-state index in [-0.39, 0.29) is 11.2 Å². The Kier molecular flexibility index (Phi) is 3.88. The number of hydrogen-bond donors (Lipinski definition) is 2. The van der Waals surface area contributed by atoms with Crippen LogP contribution in [-0.2, 0) is 5.41 Å². The summed E-state index contributed by atoms with van der Waals surface area (Å²) in [5.74, 6) is 0.278. The Hall–Kier alpha value is -2.29. The molecule has 0 saturated heterocycles. The Bertz CT molecular complexity index is 670. The van der Waals surface area contributed by atoms with E-state index in [1.807, 2.05) is 30.3 Å². The second-order valence-electron chi connectivity index (χ2n) is 6.15. The van der Waals surface area contributed by atoms with Crippen molar-refractivity contribution in [3.8, 4) is 5.75 Å². The molecule has 0 heterocycles. The number of carbonyl (C=O) groups excluding carboxylic acids is 1. The summed E-state index contributed by atoms with van der Waals surface area (Å²) in [4.78, 5) is 11.2. The molecule has 3 rings (SSSR count). The summed E-state index contributed by atoms with van der Waals surface area (Å²) in [6.45, 7) is 0. The van der Waals surface area contributed by atoms with Crippen LogP contribution in [0.2, 0.25) is 0 Å². The fraction of sp³-hybridized carbons (Fsp3) is 0.316. The predicted octanol–water partition coefficient (Wildman–Crippen LogP) is 4.04. The lowest BCUT2D eigenvalue weighted by Gasteiger charge is -2.39. The third-order valence-electron chi connectivity index (χ3n) is 4.89. The normalized spacial score (nSPS) is 17.1. The molecule has 0 aromatic heterocycles. The number of carbonyl (C=O) groups is 1. The van der Waals surface area contributed by atoms with Gasteiger partial charge in [0.05, 0.1) is 0 Å². The van der Waals surface area contributed by atoms with E-state index in [0.29, 0.717) is 11.3 Å². The Morgan fingerprint density at radius 1 is 0.955 bits per heavy atom. The number of nitrogen functional groups attached to an aromatic ring is 1. The van der Waals surface area contributed by atoms with E-state index in [1.54, 1.807) is 12.1 Å². The number of anilines is 1. The van der Waals surface area contributed by atoms with Gasteiger partial charge in [0.2, 0.25) is 0 Å². The molecule has 0 aliphatic heterocycles. The molecule has 3 nitrogen and oxygen atoms in total. The first kappa shape index (κ1) is 14.6. The van der Waals surface area contributed by atoms with Crippen molar-refractivity contribution in [2.24, 2.45) is 0 Å². The van der Waals surface area contributed by atoms with Crippen molar-refractivity contribution in [2.45, 2.75) is 37.5 Å². The highest BCUT2D eigenvalue weighted by atomic mass is 16.3. The van der Waals surface area contributed by atoms with Crippen molar-refractivity contribution in [1.29, 1.82) is 0 Å². The zero-order valence-electron chi connectivity index (χ0n) is 12.6. The topological polar surface area (TPSA) is 63.3 Å². The van der Waals surface area contributed by atoms with E-state index in [4.69, 9.17) is 5.73 Å². The first-order valence-electron chi connectivity index (χ1n) is 7.80. The van der Waals surface area contributed by atoms with Crippen molar-refractivity contribution in [1.82, 2.24) is 0 Å². The fourth-order valence-corrected chi connectivity index (χ4v) is 3.65. The molecule has 2 aromatic rings. The summed E-state index contributed by atoms with van der Waals surface area (Å²) < 4.78 is 0. The minimum absolute atomic E-state index is 0.0859. The Morgan fingerprint density at radius 2 is 1.59 bits per heavy atom. The lowest BCUT2D eigenvalue weighted by Crippen LogP contribution is -2.30. The maximum atomic E-state index is 11.2. The van der Waals surface area contributed by atoms with Gasteiger partial charge in [0.1, 0.15) is 5.75 Å². The first-order valence-corrected chi connectivity index (χ1v) is 7.80. The lowest BCUT2D eigenvalue weighted by atomic mass is 9.65. The second-order valence-corrected chi connectivity index (χ2v) is 6.15. The molecule has 1 aliphatic carbocycles. The van der Waals surface area contributed by atoms with Gasteiger partial charge in [0.15, 0.2) is 6.29 Å². The highest BCUT2D eigenvalue weighted by Crippen LogP contribution is 2.45. The van der Waals surface area contributed by atoms with E-state index in [1.165, 1.54) is 24.8 Å². The van der Waals surface area contributed by atoms with Crippen LogP contribution in [0.5, 0.6) is 5.75 Å². The van der Waals surface area contributed by atoms with Crippen LogP contribution in [0.1, 0.15) is 53.6 Å². The summed E-state index contributed by atoms with van der Waals surface area (Å²) in [7, 11) is 0. The quantitative estimate of drug-likeness (QED) is 0.663. The van der Waals surface area contributed by atoms with Crippen LogP contribution in [0.3, 0.4) is 0 Å². The predicted molar refractivity (Wildman–Crippen MR) is 88.2 cm³/mol. The van der Waals surface area contributed by atoms with Crippen LogP contribution in [0.25, 0.3) is 0 Å². The minimum atomic E-state index is -0.0859. The third-order valence-corrected chi connectivity index (χ3v) is 4.89. The molecule has 0 bridgehead atoms. The Balaban J connectivity index is 2.13. The number of nitrogens with two attached hydrogens (primary N) is 1. The van der Waals surface area contributed by atoms with Gasteiger partial charge < -0.3 is 10.8 Å². The van der Waals surface area contributed by atoms with Gasteiger partial charge in [-0.05, 0) is 48.2 Å². The zero-order chi connectivity index (χ0) is 15.6. The van der Waals surface area contributed by atoms with Crippen molar-refractivity contribution in [3.05, 3.63) is 59.2 Å². The molecule has 3 heteroatoms. The standard InChI is InChI=1S/C19H21NO2/c20-18-9-6-16(12-14(18)13-21)19(10-2-1-3-11-19)15-4-7-17(22)8-5-15/h4-9,12-13,22H,1-3,10-11,20H2. The van der Waals surface area contributed by atoms with Crippen LogP contribution >= 0.6 is 0 Å². The minimum Gasteiger partial charge on any atom is -0.508 e. The van der Waals surface area contributed by atoms with Gasteiger partial charge >= 0.3 is 0 Å². The average Bonchev–Trinajstić information content (AvgIpc) is 2.56. The van der Waals surface area contributed by atoms with Gasteiger partial charge in [-0.2, -0.15) is 0 Å². The zero-order valence-corrected chi connectivity index (χ0v) is 12.6. The van der Waals surface area contributed by atoms with Crippen molar-refractivity contribution >= 4 is 12.0 Å². The van der Waals surface area contributed by atoms with Crippen LogP contribution in [-0.4, -0.2) is 11.4 Å². The van der Waals surface area contributed by atoms with E-state index in [9.17, 15) is 9.90 Å². The molecular weight excluding hydrogens is 274 g/mol. The molecule has 1 saturated carbocycles. The molecule has 114 valence electrons. The summed E-state index contributed by atoms with van der Waals surface area (Å²) in [6.07, 6.45) is 6.52. The number of aldehydes is 1. The van der Waals surface area contributed by atoms with Crippen molar-refractivity contribution < 1.29 is 9.90 Å². The van der Waals surface area contributed by atoms with Crippen LogP contribution in [0, 0.1) is 0 Å². The van der Waals surface area contributed by atoms with E-state index in [2.05, 4.69) is 0 Å². The Labute approximate surface area is 130 Å². The van der Waals surface area contributed by atoms with Gasteiger partial charge in [-0.15, -0.1) is 0 Å². The van der Waals surface area contributed by atoms with Gasteiger partial charge in [0, 0.05) is 16.7 Å². The van der Waals surface area contributed by atoms with Gasteiger partial charge in [0.25, 0.3) is 0 Å². The molecule has 1 fully saturated rings. The molecular formula is C19H21NO2. The fourth-order valence-electron chi connectivity index (χ4n) is 3.65. The van der Waals surface area contributed by atoms with E-state index >= 15 is 0 Å². The number of rotatable bonds is 3. The molecule has 1 aliphatic rings. The number of aromatic hydroxyl groups is 1. The summed E-state index contributed by atoms with van der Waals surface area (Å²) in [6, 6.07) is 13.3. The van der Waals surface area contributed by atoms with E-state index in [0.717, 1.165) is 24.7 Å².